The number of phenols is 1. The molecule has 1 aliphatic carbocycles. The smallest absolute Gasteiger partial charge is 0.144 e. The lowest BCUT2D eigenvalue weighted by Crippen LogP contribution is -2.27. The Morgan fingerprint density at radius 3 is 2.92 bits per heavy atom. The van der Waals surface area contributed by atoms with Crippen LogP contribution in [0.1, 0.15) is 30.1 Å². The standard InChI is InChI=1S/C20H20N4O/c25-19-14(10-12-4-5-12)6-7-16-18(19)23-9-8-13-2-1-3-15(17(13)23)20-22-21-11-24(16)20/h1-3,6-9,12,20-22,25H,4-5,10-11H2. The number of rotatable bonds is 2. The zero-order valence-electron chi connectivity index (χ0n) is 13.9. The molecule has 25 heavy (non-hydrogen) atoms. The number of aromatic hydroxyl groups is 1. The number of hydrazine groups is 1. The molecule has 2 aromatic carbocycles. The highest BCUT2D eigenvalue weighted by Gasteiger charge is 2.35. The summed E-state index contributed by atoms with van der Waals surface area (Å²) in [5.41, 5.74) is 12.1. The first-order valence-electron chi connectivity index (χ1n) is 9.01. The minimum Gasteiger partial charge on any atom is -0.505 e. The number of para-hydroxylation sites is 1. The van der Waals surface area contributed by atoms with Gasteiger partial charge in [-0.3, -0.25) is 0 Å². The molecule has 126 valence electrons. The van der Waals surface area contributed by atoms with Gasteiger partial charge in [0.2, 0.25) is 0 Å². The predicted molar refractivity (Wildman–Crippen MR) is 97.7 cm³/mol. The van der Waals surface area contributed by atoms with Gasteiger partial charge >= 0.3 is 0 Å². The van der Waals surface area contributed by atoms with E-state index in [0.717, 1.165) is 29.3 Å². The summed E-state index contributed by atoms with van der Waals surface area (Å²) in [4.78, 5) is 2.29. The van der Waals surface area contributed by atoms with Crippen LogP contribution >= 0.6 is 0 Å². The van der Waals surface area contributed by atoms with E-state index in [0.29, 0.717) is 12.4 Å². The van der Waals surface area contributed by atoms with Crippen LogP contribution in [0.5, 0.6) is 5.75 Å². The first-order valence-corrected chi connectivity index (χ1v) is 9.01. The maximum Gasteiger partial charge on any atom is 0.144 e. The summed E-state index contributed by atoms with van der Waals surface area (Å²) in [6.07, 6.45) is 5.70. The minimum atomic E-state index is 0.0623. The van der Waals surface area contributed by atoms with Crippen molar-refractivity contribution in [2.45, 2.75) is 25.4 Å². The summed E-state index contributed by atoms with van der Waals surface area (Å²) in [5.74, 6) is 1.18. The fraction of sp³-hybridized carbons (Fsp3) is 0.300. The molecule has 0 radical (unpaired) electrons. The second-order valence-electron chi connectivity index (χ2n) is 7.41. The van der Waals surface area contributed by atoms with Crippen LogP contribution < -0.4 is 15.8 Å². The van der Waals surface area contributed by atoms with Crippen LogP contribution in [0.15, 0.2) is 42.6 Å². The molecule has 0 amide bonds. The number of hydrogen-bond acceptors (Lipinski definition) is 4. The molecule has 0 spiro atoms. The summed E-state index contributed by atoms with van der Waals surface area (Å²) in [5, 5.41) is 12.4. The molecule has 2 aliphatic heterocycles. The summed E-state index contributed by atoms with van der Waals surface area (Å²) in [6.45, 7) is 0.709. The molecule has 2 fully saturated rings. The number of benzene rings is 2. The molecule has 6 rings (SSSR count). The summed E-state index contributed by atoms with van der Waals surface area (Å²) >= 11 is 0. The molecular weight excluding hydrogens is 312 g/mol. The van der Waals surface area contributed by atoms with E-state index in [1.807, 2.05) is 0 Å². The van der Waals surface area contributed by atoms with Crippen LogP contribution in [0.3, 0.4) is 0 Å². The Morgan fingerprint density at radius 2 is 2.04 bits per heavy atom. The van der Waals surface area contributed by atoms with Crippen LogP contribution in [0.25, 0.3) is 16.6 Å². The van der Waals surface area contributed by atoms with Gasteiger partial charge < -0.3 is 14.6 Å². The van der Waals surface area contributed by atoms with Crippen LogP contribution in [-0.4, -0.2) is 16.3 Å². The predicted octanol–water partition coefficient (Wildman–Crippen LogP) is 3.17. The lowest BCUT2D eigenvalue weighted by molar-refractivity contribution is 0.464. The maximum absolute atomic E-state index is 11.2. The third kappa shape index (κ3) is 1.85. The Balaban J connectivity index is 1.67. The molecule has 1 unspecified atom stereocenters. The lowest BCUT2D eigenvalue weighted by atomic mass is 10.0. The van der Waals surface area contributed by atoms with E-state index in [9.17, 15) is 5.11 Å². The average molecular weight is 332 g/mol. The number of fused-ring (bicyclic) bond motifs is 5. The van der Waals surface area contributed by atoms with Gasteiger partial charge in [0, 0.05) is 17.1 Å². The molecule has 1 atom stereocenters. The highest BCUT2D eigenvalue weighted by atomic mass is 16.3. The highest BCUT2D eigenvalue weighted by Crippen LogP contribution is 2.46. The molecule has 3 heterocycles. The maximum atomic E-state index is 11.2. The van der Waals surface area contributed by atoms with Crippen LogP contribution in [0, 0.1) is 5.92 Å². The normalized spacial score (nSPS) is 21.3. The quantitative estimate of drug-likeness (QED) is 0.675. The van der Waals surface area contributed by atoms with E-state index >= 15 is 0 Å². The third-order valence-electron chi connectivity index (χ3n) is 5.81. The number of aromatic nitrogens is 1. The van der Waals surface area contributed by atoms with Crippen molar-refractivity contribution in [2.24, 2.45) is 5.92 Å². The SMILES string of the molecule is Oc1c(CC2CC2)ccc2c1-n1ccc3cccc(c31)C1NNCN21. The van der Waals surface area contributed by atoms with E-state index in [4.69, 9.17) is 0 Å². The van der Waals surface area contributed by atoms with Gasteiger partial charge in [0.1, 0.15) is 17.6 Å². The van der Waals surface area contributed by atoms with Crippen molar-refractivity contribution in [3.63, 3.8) is 0 Å². The molecule has 3 aliphatic rings. The fourth-order valence-corrected chi connectivity index (χ4v) is 4.37. The largest absolute Gasteiger partial charge is 0.505 e. The van der Waals surface area contributed by atoms with Gasteiger partial charge in [0.25, 0.3) is 0 Å². The van der Waals surface area contributed by atoms with Crippen molar-refractivity contribution in [1.82, 2.24) is 15.4 Å². The van der Waals surface area contributed by atoms with Crippen molar-refractivity contribution in [2.75, 3.05) is 11.6 Å². The average Bonchev–Trinajstić information content (AvgIpc) is 3.16. The monoisotopic (exact) mass is 332 g/mol. The first-order chi connectivity index (χ1) is 12.3. The second-order valence-corrected chi connectivity index (χ2v) is 7.41. The Morgan fingerprint density at radius 1 is 1.12 bits per heavy atom. The molecule has 0 bridgehead atoms. The first kappa shape index (κ1) is 13.8. The van der Waals surface area contributed by atoms with E-state index in [-0.39, 0.29) is 6.17 Å². The summed E-state index contributed by atoms with van der Waals surface area (Å²) in [7, 11) is 0. The van der Waals surface area contributed by atoms with Gasteiger partial charge in [0.15, 0.2) is 0 Å². The van der Waals surface area contributed by atoms with Crippen molar-refractivity contribution < 1.29 is 5.11 Å². The number of hydrogen-bond donors (Lipinski definition) is 3. The number of anilines is 1. The van der Waals surface area contributed by atoms with Crippen LogP contribution in [0.4, 0.5) is 5.69 Å². The lowest BCUT2D eigenvalue weighted by Gasteiger charge is -2.25. The molecule has 1 aromatic heterocycles. The molecule has 5 nitrogen and oxygen atoms in total. The van der Waals surface area contributed by atoms with Gasteiger partial charge in [-0.1, -0.05) is 24.3 Å². The van der Waals surface area contributed by atoms with Crippen molar-refractivity contribution in [3.05, 3.63) is 53.7 Å². The highest BCUT2D eigenvalue weighted by molar-refractivity contribution is 5.90. The van der Waals surface area contributed by atoms with Crippen LogP contribution in [0.2, 0.25) is 0 Å². The molecule has 5 heteroatoms. The van der Waals surface area contributed by atoms with Gasteiger partial charge in [-0.05, 0) is 42.9 Å². The van der Waals surface area contributed by atoms with E-state index in [1.165, 1.54) is 29.3 Å². The van der Waals surface area contributed by atoms with Crippen molar-refractivity contribution in [1.29, 1.82) is 0 Å². The van der Waals surface area contributed by atoms with E-state index in [2.05, 4.69) is 62.9 Å². The minimum absolute atomic E-state index is 0.0623. The number of nitrogens with zero attached hydrogens (tertiary/aromatic N) is 2. The summed E-state index contributed by atoms with van der Waals surface area (Å²) in [6, 6.07) is 12.8. The molecule has 1 saturated carbocycles. The van der Waals surface area contributed by atoms with Gasteiger partial charge in [0.05, 0.1) is 17.9 Å². The Labute approximate surface area is 145 Å². The van der Waals surface area contributed by atoms with E-state index in [1.54, 1.807) is 0 Å². The van der Waals surface area contributed by atoms with E-state index < -0.39 is 0 Å². The van der Waals surface area contributed by atoms with Crippen LogP contribution in [-0.2, 0) is 6.42 Å². The topological polar surface area (TPSA) is 52.5 Å². The Hall–Kier alpha value is -2.50. The number of phenolic OH excluding ortho intramolecular Hbond substituents is 1. The van der Waals surface area contributed by atoms with Crippen molar-refractivity contribution in [3.8, 4) is 11.4 Å². The third-order valence-corrected chi connectivity index (χ3v) is 5.81. The Bertz CT molecular complexity index is 1000. The molecule has 3 N–H and O–H groups in total. The summed E-state index contributed by atoms with van der Waals surface area (Å²) < 4.78 is 2.17. The zero-order valence-corrected chi connectivity index (χ0v) is 13.9. The molecule has 1 saturated heterocycles. The van der Waals surface area contributed by atoms with Gasteiger partial charge in [-0.15, -0.1) is 0 Å². The molecule has 3 aromatic rings. The zero-order chi connectivity index (χ0) is 16.5. The fourth-order valence-electron chi connectivity index (χ4n) is 4.37. The van der Waals surface area contributed by atoms with Crippen molar-refractivity contribution >= 4 is 16.6 Å². The van der Waals surface area contributed by atoms with Gasteiger partial charge in [-0.2, -0.15) is 0 Å². The van der Waals surface area contributed by atoms with Gasteiger partial charge in [-0.25, -0.2) is 10.9 Å². The number of nitrogens with one attached hydrogen (secondary N) is 2. The Kier molecular flexibility index (Phi) is 2.63. The second kappa shape index (κ2) is 4.77. The molecular formula is C20H20N4O.